The molecule has 0 aromatic rings. The summed E-state index contributed by atoms with van der Waals surface area (Å²) in [4.78, 5) is 14.1. The summed E-state index contributed by atoms with van der Waals surface area (Å²) in [7, 11) is 0. The third-order valence-corrected chi connectivity index (χ3v) is 3.21. The molecule has 1 aliphatic carbocycles. The first-order chi connectivity index (χ1) is 6.98. The van der Waals surface area contributed by atoms with Gasteiger partial charge in [-0.3, -0.25) is 9.69 Å². The maximum absolute atomic E-state index is 11.8. The van der Waals surface area contributed by atoms with E-state index in [1.807, 2.05) is 0 Å². The molecular weight excluding hydrogens is 186 g/mol. The molecule has 0 saturated heterocycles. The van der Waals surface area contributed by atoms with Crippen molar-refractivity contribution in [1.29, 1.82) is 0 Å². The van der Waals surface area contributed by atoms with E-state index in [2.05, 4.69) is 38.7 Å². The standard InChI is InChI=1S/C13H23NO/c1-5-14(6-2)10-11-9-13(3,4)8-7-12(11)15/h9H,5-8,10H2,1-4H3. The van der Waals surface area contributed by atoms with E-state index in [1.54, 1.807) is 0 Å². The number of Topliss-reactive ketones (excluding diaryl/α,β-unsaturated/α-hetero) is 1. The Morgan fingerprint density at radius 3 is 2.47 bits per heavy atom. The van der Waals surface area contributed by atoms with Crippen LogP contribution in [0.15, 0.2) is 11.6 Å². The van der Waals surface area contributed by atoms with Gasteiger partial charge in [0.15, 0.2) is 5.78 Å². The van der Waals surface area contributed by atoms with Crippen molar-refractivity contribution in [3.63, 3.8) is 0 Å². The van der Waals surface area contributed by atoms with Crippen LogP contribution in [0.2, 0.25) is 0 Å². The number of carbonyl (C=O) groups is 1. The van der Waals surface area contributed by atoms with Crippen LogP contribution in [-0.2, 0) is 4.79 Å². The zero-order valence-corrected chi connectivity index (χ0v) is 10.5. The van der Waals surface area contributed by atoms with E-state index in [9.17, 15) is 4.79 Å². The molecule has 0 fully saturated rings. The van der Waals surface area contributed by atoms with Gasteiger partial charge in [0.2, 0.25) is 0 Å². The average molecular weight is 209 g/mol. The number of rotatable bonds is 4. The highest BCUT2D eigenvalue weighted by molar-refractivity contribution is 5.96. The molecule has 0 radical (unpaired) electrons. The van der Waals surface area contributed by atoms with E-state index >= 15 is 0 Å². The fraction of sp³-hybridized carbons (Fsp3) is 0.769. The fourth-order valence-electron chi connectivity index (χ4n) is 2.04. The highest BCUT2D eigenvalue weighted by Gasteiger charge is 2.26. The Hall–Kier alpha value is -0.630. The number of allylic oxidation sites excluding steroid dienone is 1. The third-order valence-electron chi connectivity index (χ3n) is 3.21. The van der Waals surface area contributed by atoms with Crippen LogP contribution >= 0.6 is 0 Å². The van der Waals surface area contributed by atoms with Gasteiger partial charge in [0.05, 0.1) is 0 Å². The molecule has 0 atom stereocenters. The molecule has 2 nitrogen and oxygen atoms in total. The Kier molecular flexibility index (Phi) is 4.09. The molecule has 0 amide bonds. The lowest BCUT2D eigenvalue weighted by atomic mass is 9.79. The van der Waals surface area contributed by atoms with Crippen LogP contribution in [0.4, 0.5) is 0 Å². The smallest absolute Gasteiger partial charge is 0.159 e. The molecule has 0 bridgehead atoms. The molecule has 86 valence electrons. The number of nitrogens with zero attached hydrogens (tertiary/aromatic N) is 1. The molecular formula is C13H23NO. The summed E-state index contributed by atoms with van der Waals surface area (Å²) >= 11 is 0. The monoisotopic (exact) mass is 209 g/mol. The molecule has 0 saturated carbocycles. The van der Waals surface area contributed by atoms with E-state index in [1.165, 1.54) is 0 Å². The van der Waals surface area contributed by atoms with Crippen molar-refractivity contribution in [2.45, 2.75) is 40.5 Å². The molecule has 0 heterocycles. The Morgan fingerprint density at radius 1 is 1.33 bits per heavy atom. The Balaban J connectivity index is 2.73. The molecule has 1 aliphatic rings. The van der Waals surface area contributed by atoms with Gasteiger partial charge in [-0.1, -0.05) is 33.8 Å². The topological polar surface area (TPSA) is 20.3 Å². The lowest BCUT2D eigenvalue weighted by Gasteiger charge is -2.29. The van der Waals surface area contributed by atoms with Gasteiger partial charge in [0, 0.05) is 18.5 Å². The van der Waals surface area contributed by atoms with Crippen molar-refractivity contribution in [2.24, 2.45) is 5.41 Å². The Labute approximate surface area is 93.3 Å². The highest BCUT2D eigenvalue weighted by atomic mass is 16.1. The van der Waals surface area contributed by atoms with Gasteiger partial charge in [0.1, 0.15) is 0 Å². The Bertz CT molecular complexity index is 262. The zero-order valence-electron chi connectivity index (χ0n) is 10.5. The predicted molar refractivity (Wildman–Crippen MR) is 63.9 cm³/mol. The Morgan fingerprint density at radius 2 is 1.93 bits per heavy atom. The quantitative estimate of drug-likeness (QED) is 0.709. The number of ketones is 1. The van der Waals surface area contributed by atoms with E-state index in [-0.39, 0.29) is 5.41 Å². The third kappa shape index (κ3) is 3.45. The van der Waals surface area contributed by atoms with E-state index in [0.717, 1.165) is 38.0 Å². The van der Waals surface area contributed by atoms with E-state index < -0.39 is 0 Å². The molecule has 0 aromatic carbocycles. The molecule has 0 N–H and O–H groups in total. The van der Waals surface area contributed by atoms with Crippen molar-refractivity contribution in [1.82, 2.24) is 4.90 Å². The number of carbonyl (C=O) groups excluding carboxylic acids is 1. The van der Waals surface area contributed by atoms with Crippen LogP contribution in [0.5, 0.6) is 0 Å². The van der Waals surface area contributed by atoms with Crippen LogP contribution in [0.25, 0.3) is 0 Å². The SMILES string of the molecule is CCN(CC)CC1=CC(C)(C)CCC1=O. The van der Waals surface area contributed by atoms with Crippen LogP contribution in [0.3, 0.4) is 0 Å². The zero-order chi connectivity index (χ0) is 11.5. The second-order valence-electron chi connectivity index (χ2n) is 5.04. The highest BCUT2D eigenvalue weighted by Crippen LogP contribution is 2.31. The minimum atomic E-state index is 0.205. The van der Waals surface area contributed by atoms with Crippen LogP contribution < -0.4 is 0 Å². The maximum atomic E-state index is 11.8. The first kappa shape index (κ1) is 12.4. The van der Waals surface area contributed by atoms with Gasteiger partial charge in [-0.05, 0) is 24.9 Å². The van der Waals surface area contributed by atoms with E-state index in [0.29, 0.717) is 5.78 Å². The maximum Gasteiger partial charge on any atom is 0.159 e. The minimum Gasteiger partial charge on any atom is -0.300 e. The van der Waals surface area contributed by atoms with Gasteiger partial charge in [-0.15, -0.1) is 0 Å². The number of hydrogen-bond acceptors (Lipinski definition) is 2. The molecule has 15 heavy (non-hydrogen) atoms. The summed E-state index contributed by atoms with van der Waals surface area (Å²) in [6.07, 6.45) is 3.89. The first-order valence-corrected chi connectivity index (χ1v) is 5.96. The van der Waals surface area contributed by atoms with Gasteiger partial charge in [-0.25, -0.2) is 0 Å². The van der Waals surface area contributed by atoms with Gasteiger partial charge in [0.25, 0.3) is 0 Å². The average Bonchev–Trinajstić information content (AvgIpc) is 2.19. The molecule has 0 aromatic heterocycles. The summed E-state index contributed by atoms with van der Waals surface area (Å²) in [6.45, 7) is 11.6. The summed E-state index contributed by atoms with van der Waals surface area (Å²) in [5.74, 6) is 0.348. The molecule has 0 spiro atoms. The van der Waals surface area contributed by atoms with Crippen LogP contribution in [-0.4, -0.2) is 30.3 Å². The molecule has 0 aliphatic heterocycles. The summed E-state index contributed by atoms with van der Waals surface area (Å²) < 4.78 is 0. The molecule has 0 unspecified atom stereocenters. The molecule has 1 rings (SSSR count). The van der Waals surface area contributed by atoms with E-state index in [4.69, 9.17) is 0 Å². The lowest BCUT2D eigenvalue weighted by molar-refractivity contribution is -0.116. The molecule has 2 heteroatoms. The van der Waals surface area contributed by atoms with Crippen LogP contribution in [0, 0.1) is 5.41 Å². The van der Waals surface area contributed by atoms with Gasteiger partial charge < -0.3 is 0 Å². The van der Waals surface area contributed by atoms with Crippen molar-refractivity contribution in [3.05, 3.63) is 11.6 Å². The van der Waals surface area contributed by atoms with Crippen molar-refractivity contribution < 1.29 is 4.79 Å². The minimum absolute atomic E-state index is 0.205. The van der Waals surface area contributed by atoms with Crippen LogP contribution in [0.1, 0.15) is 40.5 Å². The second-order valence-corrected chi connectivity index (χ2v) is 5.04. The number of likely N-dealkylation sites (N-methyl/N-ethyl adjacent to an activating group) is 1. The van der Waals surface area contributed by atoms with Gasteiger partial charge in [-0.2, -0.15) is 0 Å². The van der Waals surface area contributed by atoms with Crippen molar-refractivity contribution in [2.75, 3.05) is 19.6 Å². The fourth-order valence-corrected chi connectivity index (χ4v) is 2.04. The summed E-state index contributed by atoms with van der Waals surface area (Å²) in [5.41, 5.74) is 1.23. The summed E-state index contributed by atoms with van der Waals surface area (Å²) in [5, 5.41) is 0. The second kappa shape index (κ2) is 4.93. The van der Waals surface area contributed by atoms with Crippen molar-refractivity contribution >= 4 is 5.78 Å². The van der Waals surface area contributed by atoms with Crippen molar-refractivity contribution in [3.8, 4) is 0 Å². The largest absolute Gasteiger partial charge is 0.300 e. The summed E-state index contributed by atoms with van der Waals surface area (Å²) in [6, 6.07) is 0. The predicted octanol–water partition coefficient (Wildman–Crippen LogP) is 2.64. The normalized spacial score (nSPS) is 20.6. The number of hydrogen-bond donors (Lipinski definition) is 0. The first-order valence-electron chi connectivity index (χ1n) is 5.96. The lowest BCUT2D eigenvalue weighted by Crippen LogP contribution is -2.31. The van der Waals surface area contributed by atoms with Gasteiger partial charge >= 0.3 is 0 Å².